The third-order valence-corrected chi connectivity index (χ3v) is 4.07. The van der Waals surface area contributed by atoms with Gasteiger partial charge in [-0.3, -0.25) is 9.80 Å². The standard InChI is InChI=1S/C15H18N2O6/c16-17-11(7-13(17)19)8-1-3-10(4-2-8)22-14-6-9(18)5-12(23-14)15(20)21/h1-4,9,11-12,14,18H,5-7,16H2,(H,20,21)/t9-,11-,12-,14+/m0/s1. The van der Waals surface area contributed by atoms with Crippen LogP contribution in [0.15, 0.2) is 24.3 Å². The number of carbonyl (C=O) groups is 2. The van der Waals surface area contributed by atoms with Crippen LogP contribution < -0.4 is 10.6 Å². The third kappa shape index (κ3) is 3.29. The third-order valence-electron chi connectivity index (χ3n) is 4.07. The fourth-order valence-corrected chi connectivity index (χ4v) is 2.72. The molecule has 0 radical (unpaired) electrons. The van der Waals surface area contributed by atoms with E-state index in [4.69, 9.17) is 20.4 Å². The first-order valence-electron chi connectivity index (χ1n) is 7.33. The average Bonchev–Trinajstić information content (AvgIpc) is 2.52. The second-order valence-corrected chi connectivity index (χ2v) is 5.73. The number of aliphatic hydroxyl groups is 1. The number of hydrazine groups is 1. The van der Waals surface area contributed by atoms with E-state index < -0.39 is 24.5 Å². The van der Waals surface area contributed by atoms with Gasteiger partial charge in [0.1, 0.15) is 5.75 Å². The SMILES string of the molecule is NN1C(=O)C[C@H]1c1ccc(O[C@H]2C[C@@H](O)C[C@@H](C(=O)O)O2)cc1. The molecule has 0 aliphatic carbocycles. The molecule has 4 N–H and O–H groups in total. The number of hydrogen-bond acceptors (Lipinski definition) is 6. The predicted molar refractivity (Wildman–Crippen MR) is 77.0 cm³/mol. The van der Waals surface area contributed by atoms with E-state index in [1.165, 1.54) is 5.01 Å². The molecule has 1 aromatic rings. The van der Waals surface area contributed by atoms with Crippen LogP contribution in [0.4, 0.5) is 0 Å². The van der Waals surface area contributed by atoms with Crippen molar-refractivity contribution in [3.8, 4) is 5.75 Å². The maximum Gasteiger partial charge on any atom is 0.333 e. The lowest BCUT2D eigenvalue weighted by molar-refractivity contribution is -0.195. The highest BCUT2D eigenvalue weighted by molar-refractivity contribution is 5.82. The number of nitrogens with zero attached hydrogens (tertiary/aromatic N) is 1. The van der Waals surface area contributed by atoms with Crippen LogP contribution in [0.3, 0.4) is 0 Å². The maximum atomic E-state index is 11.1. The first kappa shape index (κ1) is 15.7. The maximum absolute atomic E-state index is 11.1. The Hall–Kier alpha value is -2.16. The van der Waals surface area contributed by atoms with E-state index >= 15 is 0 Å². The summed E-state index contributed by atoms with van der Waals surface area (Å²) in [4.78, 5) is 22.1. The first-order valence-corrected chi connectivity index (χ1v) is 7.33. The Bertz CT molecular complexity index is 604. The fraction of sp³-hybridized carbons (Fsp3) is 0.467. The largest absolute Gasteiger partial charge is 0.479 e. The number of nitrogens with two attached hydrogens (primary N) is 1. The number of carboxylic acid groups (broad SMARTS) is 1. The van der Waals surface area contributed by atoms with Crippen molar-refractivity contribution in [3.05, 3.63) is 29.8 Å². The molecule has 23 heavy (non-hydrogen) atoms. The highest BCUT2D eigenvalue weighted by atomic mass is 16.7. The number of aliphatic carboxylic acids is 1. The molecule has 3 rings (SSSR count). The van der Waals surface area contributed by atoms with Gasteiger partial charge in [0.15, 0.2) is 6.10 Å². The van der Waals surface area contributed by atoms with E-state index in [-0.39, 0.29) is 24.8 Å². The molecule has 2 heterocycles. The van der Waals surface area contributed by atoms with Gasteiger partial charge in [-0.15, -0.1) is 0 Å². The van der Waals surface area contributed by atoms with Gasteiger partial charge in [-0.05, 0) is 17.7 Å². The van der Waals surface area contributed by atoms with Crippen LogP contribution in [0.2, 0.25) is 0 Å². The monoisotopic (exact) mass is 322 g/mol. The Morgan fingerprint density at radius 2 is 2.00 bits per heavy atom. The molecule has 2 aliphatic heterocycles. The lowest BCUT2D eigenvalue weighted by atomic mass is 9.96. The molecule has 1 amide bonds. The van der Waals surface area contributed by atoms with Crippen molar-refractivity contribution in [2.45, 2.75) is 43.8 Å². The number of carboxylic acids is 1. The highest BCUT2D eigenvalue weighted by Gasteiger charge is 2.35. The number of ether oxygens (including phenoxy) is 2. The van der Waals surface area contributed by atoms with Gasteiger partial charge in [-0.1, -0.05) is 12.1 Å². The minimum Gasteiger partial charge on any atom is -0.479 e. The zero-order chi connectivity index (χ0) is 16.6. The fourth-order valence-electron chi connectivity index (χ4n) is 2.72. The van der Waals surface area contributed by atoms with Crippen LogP contribution in [-0.2, 0) is 14.3 Å². The van der Waals surface area contributed by atoms with Crippen molar-refractivity contribution in [2.24, 2.45) is 5.84 Å². The summed E-state index contributed by atoms with van der Waals surface area (Å²) in [6, 6.07) is 6.86. The predicted octanol–water partition coefficient (Wildman–Crippen LogP) is 0.163. The molecule has 8 nitrogen and oxygen atoms in total. The number of aliphatic hydroxyl groups excluding tert-OH is 1. The summed E-state index contributed by atoms with van der Waals surface area (Å²) in [6.45, 7) is 0. The molecule has 0 bridgehead atoms. The molecule has 0 saturated carbocycles. The molecule has 1 aromatic carbocycles. The Balaban J connectivity index is 1.62. The smallest absolute Gasteiger partial charge is 0.333 e. The number of hydrogen-bond donors (Lipinski definition) is 3. The molecule has 2 saturated heterocycles. The first-order chi connectivity index (χ1) is 10.9. The summed E-state index contributed by atoms with van der Waals surface area (Å²) in [5, 5.41) is 19.9. The molecule has 0 aromatic heterocycles. The van der Waals surface area contributed by atoms with Crippen molar-refractivity contribution in [1.29, 1.82) is 0 Å². The molecule has 2 aliphatic rings. The van der Waals surface area contributed by atoms with Gasteiger partial charge in [0, 0.05) is 12.8 Å². The highest BCUT2D eigenvalue weighted by Crippen LogP contribution is 2.32. The summed E-state index contributed by atoms with van der Waals surface area (Å²) in [7, 11) is 0. The van der Waals surface area contributed by atoms with E-state index in [9.17, 15) is 14.7 Å². The van der Waals surface area contributed by atoms with Crippen LogP contribution in [0.25, 0.3) is 0 Å². The van der Waals surface area contributed by atoms with E-state index in [0.717, 1.165) is 5.56 Å². The van der Waals surface area contributed by atoms with Crippen LogP contribution in [0.1, 0.15) is 30.9 Å². The van der Waals surface area contributed by atoms with Crippen molar-refractivity contribution in [1.82, 2.24) is 5.01 Å². The number of amides is 1. The molecular weight excluding hydrogens is 304 g/mol. The van der Waals surface area contributed by atoms with Gasteiger partial charge in [0.05, 0.1) is 18.6 Å². The Morgan fingerprint density at radius 3 is 2.57 bits per heavy atom. The van der Waals surface area contributed by atoms with Crippen molar-refractivity contribution < 1.29 is 29.3 Å². The van der Waals surface area contributed by atoms with Crippen LogP contribution >= 0.6 is 0 Å². The Labute approximate surface area is 132 Å². The second kappa shape index (κ2) is 6.15. The lowest BCUT2D eigenvalue weighted by Crippen LogP contribution is -2.50. The summed E-state index contributed by atoms with van der Waals surface area (Å²) in [5.74, 6) is 4.87. The minimum atomic E-state index is -1.12. The zero-order valence-corrected chi connectivity index (χ0v) is 12.3. The van der Waals surface area contributed by atoms with Gasteiger partial charge in [-0.2, -0.15) is 0 Å². The minimum absolute atomic E-state index is 0.0518. The summed E-state index contributed by atoms with van der Waals surface area (Å²) < 4.78 is 10.9. The summed E-state index contributed by atoms with van der Waals surface area (Å²) in [5.41, 5.74) is 0.896. The number of carbonyl (C=O) groups excluding carboxylic acids is 1. The van der Waals surface area contributed by atoms with Gasteiger partial charge >= 0.3 is 5.97 Å². The van der Waals surface area contributed by atoms with Gasteiger partial charge < -0.3 is 19.7 Å². The number of rotatable bonds is 4. The van der Waals surface area contributed by atoms with Crippen LogP contribution in [0.5, 0.6) is 5.75 Å². The topological polar surface area (TPSA) is 122 Å². The Morgan fingerprint density at radius 1 is 1.30 bits per heavy atom. The molecule has 0 unspecified atom stereocenters. The van der Waals surface area contributed by atoms with Crippen molar-refractivity contribution >= 4 is 11.9 Å². The van der Waals surface area contributed by atoms with Gasteiger partial charge in [-0.25, -0.2) is 10.6 Å². The van der Waals surface area contributed by atoms with E-state index in [1.54, 1.807) is 24.3 Å². The normalized spacial score (nSPS) is 30.7. The molecular formula is C15H18N2O6. The van der Waals surface area contributed by atoms with Gasteiger partial charge in [0.25, 0.3) is 0 Å². The Kier molecular flexibility index (Phi) is 4.20. The summed E-state index contributed by atoms with van der Waals surface area (Å²) in [6.07, 6.45) is -2.03. The van der Waals surface area contributed by atoms with E-state index in [1.807, 2.05) is 0 Å². The molecule has 2 fully saturated rings. The second-order valence-electron chi connectivity index (χ2n) is 5.73. The lowest BCUT2D eigenvalue weighted by Gasteiger charge is -2.36. The molecule has 124 valence electrons. The van der Waals surface area contributed by atoms with Crippen LogP contribution in [0, 0.1) is 0 Å². The average molecular weight is 322 g/mol. The van der Waals surface area contributed by atoms with E-state index in [2.05, 4.69) is 0 Å². The number of benzene rings is 1. The van der Waals surface area contributed by atoms with E-state index in [0.29, 0.717) is 12.2 Å². The molecule has 4 atom stereocenters. The van der Waals surface area contributed by atoms with Crippen LogP contribution in [-0.4, -0.2) is 45.6 Å². The number of β-lactam (4-membered cyclic amide) rings is 1. The molecule has 0 spiro atoms. The van der Waals surface area contributed by atoms with Crippen molar-refractivity contribution in [2.75, 3.05) is 0 Å². The summed E-state index contributed by atoms with van der Waals surface area (Å²) >= 11 is 0. The zero-order valence-electron chi connectivity index (χ0n) is 12.3. The quantitative estimate of drug-likeness (QED) is 0.410. The molecule has 8 heteroatoms. The van der Waals surface area contributed by atoms with Gasteiger partial charge in [0.2, 0.25) is 12.2 Å². The van der Waals surface area contributed by atoms with Crippen molar-refractivity contribution in [3.63, 3.8) is 0 Å².